The molecule has 0 fully saturated rings. The highest BCUT2D eigenvalue weighted by atomic mass is 16.3. The van der Waals surface area contributed by atoms with Crippen molar-refractivity contribution < 1.29 is 5.11 Å². The van der Waals surface area contributed by atoms with Gasteiger partial charge >= 0.3 is 0 Å². The average molecular weight is 202 g/mol. The summed E-state index contributed by atoms with van der Waals surface area (Å²) in [5, 5.41) is 9.71. The first-order chi connectivity index (χ1) is 7.11. The number of hydrogen-bond donors (Lipinski definition) is 1. The quantitative estimate of drug-likeness (QED) is 0.747. The SMILES string of the molecule is CC#CCC(O)Cc1cc(C)cc(C)c1. The zero-order valence-corrected chi connectivity index (χ0v) is 9.67. The van der Waals surface area contributed by atoms with Crippen LogP contribution in [0.25, 0.3) is 0 Å². The molecule has 0 spiro atoms. The van der Waals surface area contributed by atoms with Crippen LogP contribution in [-0.4, -0.2) is 11.2 Å². The molecule has 0 saturated heterocycles. The average Bonchev–Trinajstić information content (AvgIpc) is 2.13. The van der Waals surface area contributed by atoms with Crippen LogP contribution in [0.2, 0.25) is 0 Å². The molecule has 0 radical (unpaired) electrons. The Bertz CT molecular complexity index is 362. The summed E-state index contributed by atoms with van der Waals surface area (Å²) in [7, 11) is 0. The van der Waals surface area contributed by atoms with Gasteiger partial charge in [0.15, 0.2) is 0 Å². The smallest absolute Gasteiger partial charge is 0.0689 e. The van der Waals surface area contributed by atoms with Crippen molar-refractivity contribution in [2.45, 2.75) is 39.7 Å². The van der Waals surface area contributed by atoms with E-state index in [2.05, 4.69) is 43.9 Å². The minimum atomic E-state index is -0.348. The Kier molecular flexibility index (Phi) is 4.39. The summed E-state index contributed by atoms with van der Waals surface area (Å²) in [6.07, 6.45) is 0.902. The Morgan fingerprint density at radius 1 is 1.20 bits per heavy atom. The van der Waals surface area contributed by atoms with Crippen LogP contribution in [0.3, 0.4) is 0 Å². The molecule has 0 amide bonds. The van der Waals surface area contributed by atoms with Crippen molar-refractivity contribution in [3.05, 3.63) is 34.9 Å². The molecule has 1 aromatic rings. The fourth-order valence-corrected chi connectivity index (χ4v) is 1.75. The predicted octanol–water partition coefficient (Wildman–Crippen LogP) is 2.62. The molecule has 1 N–H and O–H groups in total. The van der Waals surface area contributed by atoms with Crippen LogP contribution < -0.4 is 0 Å². The summed E-state index contributed by atoms with van der Waals surface area (Å²) in [6, 6.07) is 6.38. The van der Waals surface area contributed by atoms with Crippen LogP contribution in [0, 0.1) is 25.7 Å². The number of aliphatic hydroxyl groups is 1. The van der Waals surface area contributed by atoms with Gasteiger partial charge in [-0.15, -0.1) is 11.8 Å². The molecule has 1 heteroatoms. The van der Waals surface area contributed by atoms with Crippen molar-refractivity contribution in [2.75, 3.05) is 0 Å². The molecule has 1 aromatic carbocycles. The Morgan fingerprint density at radius 3 is 2.33 bits per heavy atom. The molecule has 1 atom stereocenters. The van der Waals surface area contributed by atoms with Crippen LogP contribution in [0.1, 0.15) is 30.0 Å². The minimum absolute atomic E-state index is 0.348. The zero-order chi connectivity index (χ0) is 11.3. The molecule has 1 nitrogen and oxygen atoms in total. The van der Waals surface area contributed by atoms with Gasteiger partial charge in [-0.05, 0) is 32.8 Å². The third-order valence-electron chi connectivity index (χ3n) is 2.27. The zero-order valence-electron chi connectivity index (χ0n) is 9.67. The van der Waals surface area contributed by atoms with Crippen LogP contribution in [0.15, 0.2) is 18.2 Å². The first-order valence-electron chi connectivity index (χ1n) is 5.26. The molecule has 1 rings (SSSR count). The van der Waals surface area contributed by atoms with Crippen LogP contribution >= 0.6 is 0 Å². The highest BCUT2D eigenvalue weighted by Crippen LogP contribution is 2.11. The number of aliphatic hydroxyl groups excluding tert-OH is 1. The molecule has 0 heterocycles. The fraction of sp³-hybridized carbons (Fsp3) is 0.429. The predicted molar refractivity (Wildman–Crippen MR) is 63.7 cm³/mol. The monoisotopic (exact) mass is 202 g/mol. The second-order valence-corrected chi connectivity index (χ2v) is 3.98. The Balaban J connectivity index is 2.66. The molecule has 0 aliphatic heterocycles. The van der Waals surface area contributed by atoms with Gasteiger partial charge in [0.05, 0.1) is 6.10 Å². The first-order valence-corrected chi connectivity index (χ1v) is 5.26. The molecule has 0 aliphatic rings. The van der Waals surface area contributed by atoms with E-state index in [-0.39, 0.29) is 6.10 Å². The van der Waals surface area contributed by atoms with Gasteiger partial charge in [0.25, 0.3) is 0 Å². The lowest BCUT2D eigenvalue weighted by Crippen LogP contribution is -2.09. The molecule has 0 bridgehead atoms. The van der Waals surface area contributed by atoms with Gasteiger partial charge < -0.3 is 5.11 Å². The summed E-state index contributed by atoms with van der Waals surface area (Å²) in [4.78, 5) is 0. The molecule has 0 aliphatic carbocycles. The maximum absolute atomic E-state index is 9.71. The number of rotatable bonds is 3. The van der Waals surface area contributed by atoms with E-state index in [1.165, 1.54) is 16.7 Å². The van der Waals surface area contributed by atoms with E-state index in [0.29, 0.717) is 12.8 Å². The van der Waals surface area contributed by atoms with Crippen molar-refractivity contribution in [3.63, 3.8) is 0 Å². The van der Waals surface area contributed by atoms with E-state index < -0.39 is 0 Å². The topological polar surface area (TPSA) is 20.2 Å². The number of aryl methyl sites for hydroxylation is 2. The van der Waals surface area contributed by atoms with Gasteiger partial charge in [-0.25, -0.2) is 0 Å². The van der Waals surface area contributed by atoms with E-state index in [0.717, 1.165) is 0 Å². The van der Waals surface area contributed by atoms with Gasteiger partial charge in [0, 0.05) is 6.42 Å². The van der Waals surface area contributed by atoms with Gasteiger partial charge in [-0.1, -0.05) is 29.3 Å². The van der Waals surface area contributed by atoms with Crippen molar-refractivity contribution in [1.82, 2.24) is 0 Å². The van der Waals surface area contributed by atoms with Crippen molar-refractivity contribution >= 4 is 0 Å². The van der Waals surface area contributed by atoms with Gasteiger partial charge in [-0.3, -0.25) is 0 Å². The highest BCUT2D eigenvalue weighted by Gasteiger charge is 2.04. The van der Waals surface area contributed by atoms with E-state index in [1.54, 1.807) is 6.92 Å². The molecule has 0 aromatic heterocycles. The summed E-state index contributed by atoms with van der Waals surface area (Å²) in [5.74, 6) is 5.69. The van der Waals surface area contributed by atoms with E-state index in [1.807, 2.05) is 0 Å². The summed E-state index contributed by atoms with van der Waals surface area (Å²) >= 11 is 0. The molecule has 15 heavy (non-hydrogen) atoms. The highest BCUT2D eigenvalue weighted by molar-refractivity contribution is 5.29. The summed E-state index contributed by atoms with van der Waals surface area (Å²) in [6.45, 7) is 5.95. The van der Waals surface area contributed by atoms with Gasteiger partial charge in [0.2, 0.25) is 0 Å². The molecule has 0 saturated carbocycles. The van der Waals surface area contributed by atoms with Crippen molar-refractivity contribution in [2.24, 2.45) is 0 Å². The Morgan fingerprint density at radius 2 is 1.80 bits per heavy atom. The maximum atomic E-state index is 9.71. The third-order valence-corrected chi connectivity index (χ3v) is 2.27. The van der Waals surface area contributed by atoms with Crippen LogP contribution in [0.5, 0.6) is 0 Å². The van der Waals surface area contributed by atoms with Gasteiger partial charge in [0.1, 0.15) is 0 Å². The fourth-order valence-electron chi connectivity index (χ4n) is 1.75. The second kappa shape index (κ2) is 5.58. The van der Waals surface area contributed by atoms with Crippen molar-refractivity contribution in [3.8, 4) is 11.8 Å². The number of benzene rings is 1. The summed E-state index contributed by atoms with van der Waals surface area (Å²) in [5.41, 5.74) is 3.69. The normalized spacial score (nSPS) is 11.7. The molecular weight excluding hydrogens is 184 g/mol. The van der Waals surface area contributed by atoms with Crippen LogP contribution in [0.4, 0.5) is 0 Å². The molecule has 1 unspecified atom stereocenters. The van der Waals surface area contributed by atoms with Gasteiger partial charge in [-0.2, -0.15) is 0 Å². The first kappa shape index (κ1) is 11.8. The van der Waals surface area contributed by atoms with Crippen LogP contribution in [-0.2, 0) is 6.42 Å². The standard InChI is InChI=1S/C14H18O/c1-4-5-6-14(15)10-13-8-11(2)7-12(3)9-13/h7-9,14-15H,6,10H2,1-3H3. The van der Waals surface area contributed by atoms with Crippen molar-refractivity contribution in [1.29, 1.82) is 0 Å². The lowest BCUT2D eigenvalue weighted by molar-refractivity contribution is 0.180. The largest absolute Gasteiger partial charge is 0.392 e. The lowest BCUT2D eigenvalue weighted by Gasteiger charge is -2.08. The molecular formula is C14H18O. The minimum Gasteiger partial charge on any atom is -0.392 e. The second-order valence-electron chi connectivity index (χ2n) is 3.98. The maximum Gasteiger partial charge on any atom is 0.0689 e. The summed E-state index contributed by atoms with van der Waals surface area (Å²) < 4.78 is 0. The number of hydrogen-bond acceptors (Lipinski definition) is 1. The van der Waals surface area contributed by atoms with E-state index in [4.69, 9.17) is 0 Å². The lowest BCUT2D eigenvalue weighted by atomic mass is 10.0. The third kappa shape index (κ3) is 4.18. The van der Waals surface area contributed by atoms with E-state index >= 15 is 0 Å². The Hall–Kier alpha value is -1.26. The molecule has 80 valence electrons. The Labute approximate surface area is 92.1 Å². The van der Waals surface area contributed by atoms with E-state index in [9.17, 15) is 5.11 Å².